The number of nitrogens with one attached hydrogen (secondary N) is 1. The van der Waals surface area contributed by atoms with Crippen LogP contribution in [0, 0.1) is 23.7 Å². The first-order valence-corrected chi connectivity index (χ1v) is 28.4. The van der Waals surface area contributed by atoms with Crippen LogP contribution in [-0.2, 0) is 19.0 Å². The predicted molar refractivity (Wildman–Crippen MR) is 274 cm³/mol. The van der Waals surface area contributed by atoms with E-state index >= 15 is 0 Å². The van der Waals surface area contributed by atoms with E-state index in [2.05, 4.69) is 31.3 Å². The number of carbonyl (C=O) groups is 1. The van der Waals surface area contributed by atoms with E-state index in [1.807, 2.05) is 19.9 Å². The number of unbranched alkanes of at least 4 members (excludes halogenated alkanes) is 20. The quantitative estimate of drug-likeness (QED) is 0.0258. The fourth-order valence-electron chi connectivity index (χ4n) is 10.3. The highest BCUT2D eigenvalue weighted by Crippen LogP contribution is 2.46. The number of allylic oxidation sites excluding steroid dienone is 3. The molecule has 2 saturated carbocycles. The summed E-state index contributed by atoms with van der Waals surface area (Å²) in [6.07, 6.45) is 38.3. The number of carbonyl (C=O) groups excluding carboxylic acids is 1. The second-order valence-corrected chi connectivity index (χ2v) is 21.5. The van der Waals surface area contributed by atoms with Crippen molar-refractivity contribution in [3.63, 3.8) is 0 Å². The summed E-state index contributed by atoms with van der Waals surface area (Å²) in [5.74, 6) is 3.21. The molecular formula is C57H105NO9. The lowest BCUT2D eigenvalue weighted by Gasteiger charge is -2.42. The maximum Gasteiger partial charge on any atom is 0.249 e. The van der Waals surface area contributed by atoms with Gasteiger partial charge in [-0.2, -0.15) is 0 Å². The van der Waals surface area contributed by atoms with Gasteiger partial charge in [-0.05, 0) is 82.5 Å². The summed E-state index contributed by atoms with van der Waals surface area (Å²) in [7, 11) is 0. The van der Waals surface area contributed by atoms with Gasteiger partial charge in [0.25, 0.3) is 0 Å². The Morgan fingerprint density at radius 1 is 0.627 bits per heavy atom. The molecule has 10 nitrogen and oxygen atoms in total. The summed E-state index contributed by atoms with van der Waals surface area (Å²) < 4.78 is 17.9. The zero-order chi connectivity index (χ0) is 48.5. The van der Waals surface area contributed by atoms with Crippen molar-refractivity contribution in [2.24, 2.45) is 23.7 Å². The predicted octanol–water partition coefficient (Wildman–Crippen LogP) is 12.0. The lowest BCUT2D eigenvalue weighted by Crippen LogP contribution is -2.61. The topological polar surface area (TPSA) is 158 Å². The lowest BCUT2D eigenvalue weighted by atomic mass is 9.99. The van der Waals surface area contributed by atoms with Crippen molar-refractivity contribution < 1.29 is 44.5 Å². The van der Waals surface area contributed by atoms with Crippen LogP contribution in [0.3, 0.4) is 0 Å². The lowest BCUT2D eigenvalue weighted by molar-refractivity contribution is -0.310. The van der Waals surface area contributed by atoms with E-state index < -0.39 is 61.5 Å². The third-order valence-electron chi connectivity index (χ3n) is 15.2. The smallest absolute Gasteiger partial charge is 0.249 e. The molecule has 6 N–H and O–H groups in total. The Labute approximate surface area is 410 Å². The number of aliphatic hydroxyl groups is 5. The van der Waals surface area contributed by atoms with Gasteiger partial charge in [-0.25, -0.2) is 0 Å². The van der Waals surface area contributed by atoms with E-state index in [-0.39, 0.29) is 19.6 Å². The van der Waals surface area contributed by atoms with Crippen molar-refractivity contribution in [3.05, 3.63) is 23.8 Å². The Balaban J connectivity index is 1.37. The molecule has 1 heterocycles. The van der Waals surface area contributed by atoms with Crippen LogP contribution < -0.4 is 5.32 Å². The first-order valence-electron chi connectivity index (χ1n) is 28.4. The summed E-state index contributed by atoms with van der Waals surface area (Å²) in [5, 5.41) is 56.6. The molecular weight excluding hydrogens is 843 g/mol. The normalized spacial score (nSPS) is 26.1. The van der Waals surface area contributed by atoms with E-state index in [0.717, 1.165) is 54.9 Å². The molecule has 0 unspecified atom stereocenters. The highest BCUT2D eigenvalue weighted by Gasteiger charge is 2.46. The van der Waals surface area contributed by atoms with Crippen LogP contribution in [0.4, 0.5) is 0 Å². The van der Waals surface area contributed by atoms with Crippen LogP contribution in [0.25, 0.3) is 0 Å². The van der Waals surface area contributed by atoms with Gasteiger partial charge in [0.2, 0.25) is 5.91 Å². The zero-order valence-corrected chi connectivity index (χ0v) is 43.5. The Kier molecular flexibility index (Phi) is 33.5. The molecule has 0 aromatic rings. The van der Waals surface area contributed by atoms with Gasteiger partial charge in [-0.15, -0.1) is 0 Å². The van der Waals surface area contributed by atoms with Crippen molar-refractivity contribution >= 4 is 5.91 Å². The van der Waals surface area contributed by atoms with Gasteiger partial charge in [0.1, 0.15) is 30.5 Å². The molecule has 1 saturated heterocycles. The molecule has 10 heteroatoms. The van der Waals surface area contributed by atoms with Crippen LogP contribution in [0.15, 0.2) is 23.8 Å². The number of hydrogen-bond donors (Lipinski definition) is 6. The molecule has 12 atom stereocenters. The third-order valence-corrected chi connectivity index (χ3v) is 15.2. The maximum absolute atomic E-state index is 13.4. The van der Waals surface area contributed by atoms with Crippen LogP contribution in [-0.4, -0.2) is 100 Å². The van der Waals surface area contributed by atoms with Crippen molar-refractivity contribution in [1.82, 2.24) is 5.32 Å². The summed E-state index contributed by atoms with van der Waals surface area (Å²) in [6.45, 7) is 7.82. The van der Waals surface area contributed by atoms with Crippen molar-refractivity contribution in [3.8, 4) is 0 Å². The average molecular weight is 948 g/mol. The van der Waals surface area contributed by atoms with Gasteiger partial charge in [-0.3, -0.25) is 4.79 Å². The van der Waals surface area contributed by atoms with E-state index in [4.69, 9.17) is 14.2 Å². The van der Waals surface area contributed by atoms with Gasteiger partial charge >= 0.3 is 0 Å². The first kappa shape index (κ1) is 59.9. The molecule has 2 aliphatic carbocycles. The molecule has 0 aromatic carbocycles. The van der Waals surface area contributed by atoms with E-state index in [1.165, 1.54) is 167 Å². The molecule has 1 aliphatic heterocycles. The van der Waals surface area contributed by atoms with Gasteiger partial charge in [-0.1, -0.05) is 205 Å². The average Bonchev–Trinajstić information content (AvgIpc) is 4.25. The fourth-order valence-corrected chi connectivity index (χ4v) is 10.3. The Morgan fingerprint density at radius 3 is 1.61 bits per heavy atom. The second-order valence-electron chi connectivity index (χ2n) is 21.5. The number of hydrogen-bond acceptors (Lipinski definition) is 9. The summed E-state index contributed by atoms with van der Waals surface area (Å²) in [4.78, 5) is 13.4. The van der Waals surface area contributed by atoms with Crippen LogP contribution in [0.2, 0.25) is 0 Å². The first-order chi connectivity index (χ1) is 32.6. The Morgan fingerprint density at radius 2 is 1.10 bits per heavy atom. The molecule has 67 heavy (non-hydrogen) atoms. The molecule has 0 aromatic heterocycles. The number of ether oxygens (including phenoxy) is 3. The molecule has 3 aliphatic rings. The summed E-state index contributed by atoms with van der Waals surface area (Å²) in [6, 6.07) is -0.865. The minimum Gasteiger partial charge on any atom is -0.394 e. The van der Waals surface area contributed by atoms with Crippen molar-refractivity contribution in [2.45, 2.75) is 289 Å². The third kappa shape index (κ3) is 27.2. The van der Waals surface area contributed by atoms with Crippen LogP contribution >= 0.6 is 0 Å². The largest absolute Gasteiger partial charge is 0.394 e. The van der Waals surface area contributed by atoms with Gasteiger partial charge in [0, 0.05) is 0 Å². The molecule has 3 rings (SSSR count). The molecule has 3 fully saturated rings. The summed E-state index contributed by atoms with van der Waals surface area (Å²) in [5.41, 5.74) is 1.01. The molecule has 0 bridgehead atoms. The maximum atomic E-state index is 13.4. The molecule has 0 radical (unpaired) electrons. The van der Waals surface area contributed by atoms with Gasteiger partial charge in [0.15, 0.2) is 6.29 Å². The van der Waals surface area contributed by atoms with Crippen LogP contribution in [0.5, 0.6) is 0 Å². The fraction of sp³-hybridized carbons (Fsp3) is 0.912. The molecule has 392 valence electrons. The van der Waals surface area contributed by atoms with Crippen molar-refractivity contribution in [1.29, 1.82) is 0 Å². The van der Waals surface area contributed by atoms with Gasteiger partial charge < -0.3 is 45.1 Å². The monoisotopic (exact) mass is 948 g/mol. The SMILES string of the molecule is CCCCCCCCCC[C@H]1C[C@H]1CCCC/C=C\CC[C@@H](O)C(=O)N[C@@H](CO[C@@H]1O[C@@H](CO)[C@@H](O)[C@H](O)[C@@H]1OCC=C(C)C)[C@H](O)CCCCCCC[C@@H]1C[C@@H]1CCCCCCCCCC. The number of amides is 1. The minimum absolute atomic E-state index is 0.147. The zero-order valence-electron chi connectivity index (χ0n) is 43.5. The Bertz CT molecular complexity index is 1280. The van der Waals surface area contributed by atoms with Crippen LogP contribution in [0.1, 0.15) is 240 Å². The van der Waals surface area contributed by atoms with Crippen molar-refractivity contribution in [2.75, 3.05) is 19.8 Å². The van der Waals surface area contributed by atoms with E-state index in [0.29, 0.717) is 12.8 Å². The highest BCUT2D eigenvalue weighted by atomic mass is 16.7. The van der Waals surface area contributed by atoms with Gasteiger partial charge in [0.05, 0.1) is 32.0 Å². The molecule has 1 amide bonds. The molecule has 0 spiro atoms. The standard InChI is InChI=1S/C57H105NO9/c1-5-7-9-11-13-15-20-26-32-45-40-47(45)34-28-22-17-18-24-31-37-51(61)56(64)58-49(43-66-57-55(65-39-38-44(3)4)54(63)53(62)52(42-59)67-57)50(60)36-30-25-19-23-29-35-48-41-46(48)33-27-21-16-14-12-10-8-6-2/h18,24,38,45-55,57,59-63H,5-17,19-23,25-37,39-43H2,1-4H3,(H,58,64)/b24-18-/t45-,46-,47+,48+,49-,50+,51+,52-,53+,54-,55-,57+/m0/s1. The number of rotatable bonds is 44. The van der Waals surface area contributed by atoms with E-state index in [9.17, 15) is 30.3 Å². The second kappa shape index (κ2) is 37.4. The Hall–Kier alpha value is -1.37. The highest BCUT2D eigenvalue weighted by molar-refractivity contribution is 5.80. The number of aliphatic hydroxyl groups excluding tert-OH is 5. The minimum atomic E-state index is -1.39. The van der Waals surface area contributed by atoms with E-state index in [1.54, 1.807) is 0 Å². The summed E-state index contributed by atoms with van der Waals surface area (Å²) >= 11 is 0.